The largest absolute Gasteiger partial charge is 0.351 e. The van der Waals surface area contributed by atoms with Gasteiger partial charge in [-0.05, 0) is 29.6 Å². The van der Waals surface area contributed by atoms with Gasteiger partial charge in [-0.15, -0.1) is 11.3 Å². The lowest BCUT2D eigenvalue weighted by atomic mass is 10.3. The number of halogens is 1. The molecule has 3 rings (SSSR count). The molecule has 2 heterocycles. The lowest BCUT2D eigenvalue weighted by Gasteiger charge is -2.01. The van der Waals surface area contributed by atoms with E-state index in [0.29, 0.717) is 23.4 Å². The van der Waals surface area contributed by atoms with Gasteiger partial charge in [0.25, 0.3) is 5.91 Å². The Hall–Kier alpha value is -2.21. The van der Waals surface area contributed by atoms with Crippen LogP contribution in [0.2, 0.25) is 0 Å². The number of thiophene rings is 1. The number of nitrogens with zero attached hydrogens (tertiary/aromatic N) is 1. The van der Waals surface area contributed by atoms with Crippen molar-refractivity contribution in [3.05, 3.63) is 52.2 Å². The van der Waals surface area contributed by atoms with Gasteiger partial charge in [0.05, 0.1) is 15.9 Å². The number of amides is 1. The molecule has 0 bridgehead atoms. The molecule has 0 aliphatic rings. The first kappa shape index (κ1) is 12.8. The molecule has 0 atom stereocenters. The standard InChI is InChI=1S/C14H12FN3OS/c15-9-3-4-10-11(8-9)18-13(17-10)5-6-16-14(19)12-2-1-7-20-12/h1-4,7-8H,5-6H2,(H,16,19)(H,17,18). The number of H-pyrrole nitrogens is 1. The minimum absolute atomic E-state index is 0.0813. The molecule has 20 heavy (non-hydrogen) atoms. The van der Waals surface area contributed by atoms with Crippen molar-refractivity contribution in [2.75, 3.05) is 6.54 Å². The fraction of sp³-hybridized carbons (Fsp3) is 0.143. The maximum atomic E-state index is 13.1. The van der Waals surface area contributed by atoms with Crippen LogP contribution in [-0.4, -0.2) is 22.4 Å². The summed E-state index contributed by atoms with van der Waals surface area (Å²) in [6.45, 7) is 0.485. The zero-order valence-electron chi connectivity index (χ0n) is 10.5. The van der Waals surface area contributed by atoms with Gasteiger partial charge in [-0.3, -0.25) is 4.79 Å². The number of hydrogen-bond acceptors (Lipinski definition) is 3. The summed E-state index contributed by atoms with van der Waals surface area (Å²) in [5, 5.41) is 4.69. The van der Waals surface area contributed by atoms with Crippen LogP contribution in [0.15, 0.2) is 35.7 Å². The third-order valence-corrected chi connectivity index (χ3v) is 3.75. The first-order valence-electron chi connectivity index (χ1n) is 6.18. The van der Waals surface area contributed by atoms with Gasteiger partial charge in [0.1, 0.15) is 11.6 Å². The second-order valence-corrected chi connectivity index (χ2v) is 5.28. The summed E-state index contributed by atoms with van der Waals surface area (Å²) in [5.41, 5.74) is 1.40. The first-order valence-corrected chi connectivity index (χ1v) is 7.06. The average Bonchev–Trinajstić information content (AvgIpc) is 3.06. The van der Waals surface area contributed by atoms with E-state index >= 15 is 0 Å². The van der Waals surface area contributed by atoms with E-state index in [9.17, 15) is 9.18 Å². The van der Waals surface area contributed by atoms with Crippen LogP contribution in [0, 0.1) is 5.82 Å². The van der Waals surface area contributed by atoms with Crippen molar-refractivity contribution in [3.8, 4) is 0 Å². The number of fused-ring (bicyclic) bond motifs is 1. The van der Waals surface area contributed by atoms with E-state index in [1.54, 1.807) is 12.1 Å². The number of hydrogen-bond donors (Lipinski definition) is 2. The fourth-order valence-electron chi connectivity index (χ4n) is 1.94. The third-order valence-electron chi connectivity index (χ3n) is 2.89. The number of carbonyl (C=O) groups is 1. The third kappa shape index (κ3) is 2.70. The zero-order valence-corrected chi connectivity index (χ0v) is 11.3. The first-order chi connectivity index (χ1) is 9.72. The normalized spacial score (nSPS) is 10.8. The van der Waals surface area contributed by atoms with Crippen molar-refractivity contribution in [2.45, 2.75) is 6.42 Å². The van der Waals surface area contributed by atoms with E-state index in [0.717, 1.165) is 11.3 Å². The highest BCUT2D eigenvalue weighted by Crippen LogP contribution is 2.13. The van der Waals surface area contributed by atoms with Crippen LogP contribution in [0.3, 0.4) is 0 Å². The van der Waals surface area contributed by atoms with Gasteiger partial charge in [0.2, 0.25) is 0 Å². The summed E-state index contributed by atoms with van der Waals surface area (Å²) in [4.78, 5) is 19.8. The smallest absolute Gasteiger partial charge is 0.261 e. The van der Waals surface area contributed by atoms with E-state index in [1.807, 2.05) is 11.4 Å². The lowest BCUT2D eigenvalue weighted by Crippen LogP contribution is -2.25. The van der Waals surface area contributed by atoms with Crippen LogP contribution in [0.5, 0.6) is 0 Å². The van der Waals surface area contributed by atoms with Gasteiger partial charge >= 0.3 is 0 Å². The summed E-state index contributed by atoms with van der Waals surface area (Å²) in [6, 6.07) is 8.05. The van der Waals surface area contributed by atoms with Crippen molar-refractivity contribution in [3.63, 3.8) is 0 Å². The molecule has 2 aromatic heterocycles. The van der Waals surface area contributed by atoms with Crippen LogP contribution in [-0.2, 0) is 6.42 Å². The van der Waals surface area contributed by atoms with E-state index < -0.39 is 0 Å². The Bertz CT molecular complexity index is 736. The maximum Gasteiger partial charge on any atom is 0.261 e. The second kappa shape index (κ2) is 5.42. The van der Waals surface area contributed by atoms with Crippen LogP contribution < -0.4 is 5.32 Å². The Morgan fingerprint density at radius 1 is 1.40 bits per heavy atom. The van der Waals surface area contributed by atoms with E-state index in [1.165, 1.54) is 23.5 Å². The van der Waals surface area contributed by atoms with Crippen LogP contribution in [0.4, 0.5) is 4.39 Å². The van der Waals surface area contributed by atoms with Crippen molar-refractivity contribution in [2.24, 2.45) is 0 Å². The molecule has 0 unspecified atom stereocenters. The Morgan fingerprint density at radius 2 is 2.30 bits per heavy atom. The van der Waals surface area contributed by atoms with Gasteiger partial charge in [-0.25, -0.2) is 9.37 Å². The molecule has 1 amide bonds. The van der Waals surface area contributed by atoms with E-state index in [-0.39, 0.29) is 11.7 Å². The number of imidazole rings is 1. The van der Waals surface area contributed by atoms with Gasteiger partial charge in [0, 0.05) is 13.0 Å². The van der Waals surface area contributed by atoms with E-state index in [2.05, 4.69) is 15.3 Å². The number of benzene rings is 1. The van der Waals surface area contributed by atoms with E-state index in [4.69, 9.17) is 0 Å². The molecule has 0 aliphatic heterocycles. The molecule has 1 aromatic carbocycles. The molecule has 4 nitrogen and oxygen atoms in total. The molecule has 0 spiro atoms. The number of aromatic amines is 1. The van der Waals surface area contributed by atoms with Gasteiger partial charge in [0.15, 0.2) is 0 Å². The lowest BCUT2D eigenvalue weighted by molar-refractivity contribution is 0.0958. The topological polar surface area (TPSA) is 57.8 Å². The molecule has 0 saturated heterocycles. The van der Waals surface area contributed by atoms with Crippen molar-refractivity contribution in [1.82, 2.24) is 15.3 Å². The zero-order chi connectivity index (χ0) is 13.9. The number of rotatable bonds is 4. The molecule has 6 heteroatoms. The summed E-state index contributed by atoms with van der Waals surface area (Å²) in [7, 11) is 0. The number of carbonyl (C=O) groups excluding carboxylic acids is 1. The van der Waals surface area contributed by atoms with Crippen LogP contribution in [0.1, 0.15) is 15.5 Å². The Labute approximate surface area is 118 Å². The fourth-order valence-corrected chi connectivity index (χ4v) is 2.58. The van der Waals surface area contributed by atoms with Crippen molar-refractivity contribution < 1.29 is 9.18 Å². The predicted octanol–water partition coefficient (Wildman–Crippen LogP) is 2.74. The SMILES string of the molecule is O=C(NCCc1nc2ccc(F)cc2[nH]1)c1cccs1. The maximum absolute atomic E-state index is 13.1. The molecule has 0 fully saturated rings. The monoisotopic (exact) mass is 289 g/mol. The minimum atomic E-state index is -0.293. The average molecular weight is 289 g/mol. The Kier molecular flexibility index (Phi) is 3.47. The highest BCUT2D eigenvalue weighted by Gasteiger charge is 2.07. The highest BCUT2D eigenvalue weighted by atomic mass is 32.1. The molecule has 0 saturated carbocycles. The van der Waals surface area contributed by atoms with Gasteiger partial charge in [-0.1, -0.05) is 6.07 Å². The summed E-state index contributed by atoms with van der Waals surface area (Å²) >= 11 is 1.41. The number of nitrogens with one attached hydrogen (secondary N) is 2. The van der Waals surface area contributed by atoms with Gasteiger partial charge in [-0.2, -0.15) is 0 Å². The summed E-state index contributed by atoms with van der Waals surface area (Å²) in [5.74, 6) is 0.359. The van der Waals surface area contributed by atoms with Crippen LogP contribution in [0.25, 0.3) is 11.0 Å². The van der Waals surface area contributed by atoms with Crippen molar-refractivity contribution in [1.29, 1.82) is 0 Å². The highest BCUT2D eigenvalue weighted by molar-refractivity contribution is 7.12. The minimum Gasteiger partial charge on any atom is -0.351 e. The molecular weight excluding hydrogens is 277 g/mol. The molecular formula is C14H12FN3OS. The summed E-state index contributed by atoms with van der Waals surface area (Å²) in [6.07, 6.45) is 0.577. The Morgan fingerprint density at radius 3 is 3.10 bits per heavy atom. The second-order valence-electron chi connectivity index (χ2n) is 4.33. The molecule has 102 valence electrons. The molecule has 0 aliphatic carbocycles. The molecule has 0 radical (unpaired) electrons. The summed E-state index contributed by atoms with van der Waals surface area (Å²) < 4.78 is 13.1. The quantitative estimate of drug-likeness (QED) is 0.776. The van der Waals surface area contributed by atoms with Crippen molar-refractivity contribution >= 4 is 28.3 Å². The number of aromatic nitrogens is 2. The Balaban J connectivity index is 1.61. The predicted molar refractivity (Wildman–Crippen MR) is 76.4 cm³/mol. The molecule has 2 N–H and O–H groups in total. The molecule has 3 aromatic rings. The van der Waals surface area contributed by atoms with Crippen LogP contribution >= 0.6 is 11.3 Å². The van der Waals surface area contributed by atoms with Gasteiger partial charge < -0.3 is 10.3 Å².